The zero-order valence-electron chi connectivity index (χ0n) is 15.3. The Labute approximate surface area is 165 Å². The van der Waals surface area contributed by atoms with E-state index in [2.05, 4.69) is 20.6 Å². The van der Waals surface area contributed by atoms with Crippen molar-refractivity contribution < 1.29 is 18.0 Å². The number of Topliss-reactive ketones (excluding diaryl/α,β-unsaturated/α-hetero) is 1. The van der Waals surface area contributed by atoms with Gasteiger partial charge in [-0.25, -0.2) is 4.98 Å². The fourth-order valence-corrected chi connectivity index (χ4v) is 3.23. The van der Waals surface area contributed by atoms with Crippen molar-refractivity contribution in [3.05, 3.63) is 71.4 Å². The molecule has 5 nitrogen and oxygen atoms in total. The third-order valence-electron chi connectivity index (χ3n) is 4.56. The minimum absolute atomic E-state index is 0.119. The Hall–Kier alpha value is -3.42. The van der Waals surface area contributed by atoms with Crippen LogP contribution in [0.4, 0.5) is 36.3 Å². The highest BCUT2D eigenvalue weighted by Crippen LogP contribution is 2.33. The first-order valence-corrected chi connectivity index (χ1v) is 9.10. The predicted octanol–water partition coefficient (Wildman–Crippen LogP) is 5.50. The molecular weight excluding hydrogens is 381 g/mol. The second-order valence-corrected chi connectivity index (χ2v) is 6.69. The zero-order valence-corrected chi connectivity index (χ0v) is 15.3. The molecular formula is C21H17F3N4O. The van der Waals surface area contributed by atoms with E-state index in [-0.39, 0.29) is 23.2 Å². The van der Waals surface area contributed by atoms with Crippen molar-refractivity contribution in [2.45, 2.75) is 25.4 Å². The lowest BCUT2D eigenvalue weighted by Gasteiger charge is -2.19. The molecule has 0 aliphatic heterocycles. The van der Waals surface area contributed by atoms with Crippen LogP contribution in [-0.2, 0) is 12.6 Å². The topological polar surface area (TPSA) is 66.9 Å². The van der Waals surface area contributed by atoms with Gasteiger partial charge in [0.25, 0.3) is 0 Å². The van der Waals surface area contributed by atoms with Gasteiger partial charge in [0.2, 0.25) is 5.95 Å². The number of aryl methyl sites for hydroxylation is 1. The molecule has 0 saturated carbocycles. The van der Waals surface area contributed by atoms with Gasteiger partial charge in [-0.1, -0.05) is 24.3 Å². The number of hydrogen-bond acceptors (Lipinski definition) is 5. The van der Waals surface area contributed by atoms with Gasteiger partial charge in [-0.3, -0.25) is 4.79 Å². The number of rotatable bonds is 4. The van der Waals surface area contributed by atoms with Crippen molar-refractivity contribution in [2.24, 2.45) is 0 Å². The third kappa shape index (κ3) is 4.21. The fourth-order valence-electron chi connectivity index (χ4n) is 3.23. The summed E-state index contributed by atoms with van der Waals surface area (Å²) in [6.45, 7) is 0. The Morgan fingerprint density at radius 1 is 0.862 bits per heavy atom. The zero-order chi connectivity index (χ0) is 20.4. The number of aromatic nitrogens is 2. The number of fused-ring (bicyclic) bond motifs is 1. The third-order valence-corrected chi connectivity index (χ3v) is 4.56. The van der Waals surface area contributed by atoms with E-state index in [0.717, 1.165) is 17.8 Å². The number of nitrogens with one attached hydrogen (secondary N) is 2. The number of ketones is 1. The minimum atomic E-state index is -4.46. The molecule has 0 unspecified atom stereocenters. The van der Waals surface area contributed by atoms with Crippen molar-refractivity contribution in [3.63, 3.8) is 0 Å². The number of hydrogen-bond donors (Lipinski definition) is 2. The summed E-state index contributed by atoms with van der Waals surface area (Å²) in [6, 6.07) is 14.1. The quantitative estimate of drug-likeness (QED) is 0.607. The smallest absolute Gasteiger partial charge is 0.339 e. The summed E-state index contributed by atoms with van der Waals surface area (Å²) in [6.07, 6.45) is -2.82. The van der Waals surface area contributed by atoms with Gasteiger partial charge in [0, 0.05) is 17.8 Å². The van der Waals surface area contributed by atoms with Gasteiger partial charge in [0.1, 0.15) is 5.82 Å². The number of halogens is 3. The number of carbonyl (C=O) groups excluding carboxylic acids is 1. The van der Waals surface area contributed by atoms with Crippen molar-refractivity contribution in [1.29, 1.82) is 0 Å². The second kappa shape index (κ2) is 7.54. The van der Waals surface area contributed by atoms with E-state index in [0.29, 0.717) is 30.5 Å². The summed E-state index contributed by atoms with van der Waals surface area (Å²) in [5.74, 6) is 0.364. The molecule has 0 bridgehead atoms. The Balaban J connectivity index is 1.73. The molecule has 1 aliphatic rings. The van der Waals surface area contributed by atoms with E-state index in [4.69, 9.17) is 0 Å². The maximum absolute atomic E-state index is 13.0. The maximum atomic E-state index is 13.0. The molecule has 0 saturated heterocycles. The monoisotopic (exact) mass is 398 g/mol. The summed E-state index contributed by atoms with van der Waals surface area (Å²) >= 11 is 0. The number of alkyl halides is 3. The lowest BCUT2D eigenvalue weighted by atomic mass is 9.95. The Bertz CT molecular complexity index is 1050. The molecule has 0 spiro atoms. The van der Waals surface area contributed by atoms with Crippen LogP contribution in [-0.4, -0.2) is 15.8 Å². The molecule has 3 aromatic rings. The average Bonchev–Trinajstić information content (AvgIpc) is 2.68. The summed E-state index contributed by atoms with van der Waals surface area (Å²) in [5.41, 5.74) is 1.11. The molecule has 1 heterocycles. The fraction of sp³-hybridized carbons (Fsp3) is 0.190. The highest BCUT2D eigenvalue weighted by molar-refractivity contribution is 6.03. The minimum Gasteiger partial charge on any atom is -0.339 e. The summed E-state index contributed by atoms with van der Waals surface area (Å²) in [5, 5.41) is 5.97. The van der Waals surface area contributed by atoms with E-state index < -0.39 is 11.7 Å². The largest absolute Gasteiger partial charge is 0.416 e. The number of carbonyl (C=O) groups is 1. The first kappa shape index (κ1) is 18.9. The van der Waals surface area contributed by atoms with Crippen LogP contribution in [0.1, 0.15) is 34.5 Å². The van der Waals surface area contributed by atoms with Gasteiger partial charge in [0.05, 0.1) is 16.8 Å². The van der Waals surface area contributed by atoms with Gasteiger partial charge < -0.3 is 10.6 Å². The summed E-state index contributed by atoms with van der Waals surface area (Å²) < 4.78 is 39.1. The SMILES string of the molecule is O=C1CCCc2nc(Nc3ccccc3)nc(Nc3cccc(C(F)(F)F)c3)c21. The first-order chi connectivity index (χ1) is 13.9. The second-order valence-electron chi connectivity index (χ2n) is 6.69. The van der Waals surface area contributed by atoms with Gasteiger partial charge >= 0.3 is 6.18 Å². The molecule has 148 valence electrons. The van der Waals surface area contributed by atoms with Crippen molar-refractivity contribution in [1.82, 2.24) is 9.97 Å². The van der Waals surface area contributed by atoms with Crippen LogP contribution < -0.4 is 10.6 Å². The number of nitrogens with zero attached hydrogens (tertiary/aromatic N) is 2. The lowest BCUT2D eigenvalue weighted by Crippen LogP contribution is -2.18. The van der Waals surface area contributed by atoms with Crippen LogP contribution in [0.3, 0.4) is 0 Å². The molecule has 0 atom stereocenters. The van der Waals surface area contributed by atoms with E-state index in [9.17, 15) is 18.0 Å². The van der Waals surface area contributed by atoms with Crippen LogP contribution in [0.25, 0.3) is 0 Å². The maximum Gasteiger partial charge on any atom is 0.416 e. The molecule has 2 N–H and O–H groups in total. The van der Waals surface area contributed by atoms with Gasteiger partial charge in [-0.05, 0) is 43.2 Å². The predicted molar refractivity (Wildman–Crippen MR) is 104 cm³/mol. The molecule has 0 radical (unpaired) electrons. The van der Waals surface area contributed by atoms with E-state index in [1.807, 2.05) is 30.3 Å². The van der Waals surface area contributed by atoms with E-state index in [1.54, 1.807) is 0 Å². The standard InChI is InChI=1S/C21H17F3N4O/c22-21(23,24)13-6-4-9-15(12-13)25-19-18-16(10-5-11-17(18)29)27-20(28-19)26-14-7-2-1-3-8-14/h1-4,6-9,12H,5,10-11H2,(H2,25,26,27,28). The highest BCUT2D eigenvalue weighted by Gasteiger charge is 2.31. The number of anilines is 4. The molecule has 2 aromatic carbocycles. The summed E-state index contributed by atoms with van der Waals surface area (Å²) in [4.78, 5) is 21.3. The molecule has 4 rings (SSSR count). The normalized spacial score (nSPS) is 13.7. The van der Waals surface area contributed by atoms with Crippen LogP contribution >= 0.6 is 0 Å². The van der Waals surface area contributed by atoms with Crippen LogP contribution in [0.2, 0.25) is 0 Å². The number of benzene rings is 2. The highest BCUT2D eigenvalue weighted by atomic mass is 19.4. The van der Waals surface area contributed by atoms with E-state index in [1.165, 1.54) is 12.1 Å². The number of para-hydroxylation sites is 1. The van der Waals surface area contributed by atoms with Crippen molar-refractivity contribution in [3.8, 4) is 0 Å². The van der Waals surface area contributed by atoms with Crippen molar-refractivity contribution >= 4 is 28.9 Å². The van der Waals surface area contributed by atoms with Crippen molar-refractivity contribution in [2.75, 3.05) is 10.6 Å². The molecule has 0 fully saturated rings. The van der Waals surface area contributed by atoms with Crippen LogP contribution in [0, 0.1) is 0 Å². The Kier molecular flexibility index (Phi) is 4.92. The van der Waals surface area contributed by atoms with Gasteiger partial charge in [-0.2, -0.15) is 18.2 Å². The molecule has 1 aliphatic carbocycles. The van der Waals surface area contributed by atoms with Gasteiger partial charge in [-0.15, -0.1) is 0 Å². The Morgan fingerprint density at radius 3 is 2.38 bits per heavy atom. The molecule has 8 heteroatoms. The average molecular weight is 398 g/mol. The lowest BCUT2D eigenvalue weighted by molar-refractivity contribution is -0.137. The van der Waals surface area contributed by atoms with E-state index >= 15 is 0 Å². The van der Waals surface area contributed by atoms with Gasteiger partial charge in [0.15, 0.2) is 5.78 Å². The molecule has 29 heavy (non-hydrogen) atoms. The first-order valence-electron chi connectivity index (χ1n) is 9.10. The van der Waals surface area contributed by atoms with Crippen LogP contribution in [0.5, 0.6) is 0 Å². The molecule has 0 amide bonds. The molecule has 1 aromatic heterocycles. The Morgan fingerprint density at radius 2 is 1.62 bits per heavy atom. The van der Waals surface area contributed by atoms with Crippen LogP contribution in [0.15, 0.2) is 54.6 Å². The summed E-state index contributed by atoms with van der Waals surface area (Å²) in [7, 11) is 0.